The van der Waals surface area contributed by atoms with Crippen molar-refractivity contribution in [3.8, 4) is 0 Å². The molecule has 1 aliphatic heterocycles. The highest BCUT2D eigenvalue weighted by molar-refractivity contribution is 5.81. The van der Waals surface area contributed by atoms with Crippen molar-refractivity contribution in [2.24, 2.45) is 0 Å². The summed E-state index contributed by atoms with van der Waals surface area (Å²) in [5.41, 5.74) is 3.97. The van der Waals surface area contributed by atoms with Crippen molar-refractivity contribution in [2.45, 2.75) is 52.6 Å². The fraction of sp³-hybridized carbons (Fsp3) is 0.500. The molecule has 1 saturated heterocycles. The Morgan fingerprint density at radius 3 is 2.71 bits per heavy atom. The molecule has 0 unspecified atom stereocenters. The molecule has 1 aliphatic rings. The zero-order chi connectivity index (χ0) is 15.0. The van der Waals surface area contributed by atoms with E-state index in [2.05, 4.69) is 24.8 Å². The van der Waals surface area contributed by atoms with Gasteiger partial charge in [0.05, 0.1) is 0 Å². The molecule has 0 amide bonds. The van der Waals surface area contributed by atoms with Gasteiger partial charge in [-0.1, -0.05) is 6.42 Å². The van der Waals surface area contributed by atoms with Crippen molar-refractivity contribution >= 4 is 11.0 Å². The summed E-state index contributed by atoms with van der Waals surface area (Å²) >= 11 is 0. The molecule has 2 aromatic rings. The first kappa shape index (κ1) is 14.3. The summed E-state index contributed by atoms with van der Waals surface area (Å²) in [6.07, 6.45) is 3.81. The number of rotatable bonds is 2. The van der Waals surface area contributed by atoms with E-state index in [1.165, 1.54) is 24.8 Å². The van der Waals surface area contributed by atoms with Gasteiger partial charge in [-0.15, -0.1) is 0 Å². The number of likely N-dealkylation sites (tertiary alicyclic amines) is 1. The second kappa shape index (κ2) is 5.64. The van der Waals surface area contributed by atoms with Gasteiger partial charge < -0.3 is 4.42 Å². The maximum absolute atomic E-state index is 11.8. The summed E-state index contributed by atoms with van der Waals surface area (Å²) < 4.78 is 5.38. The number of fused-ring (bicyclic) bond motifs is 1. The van der Waals surface area contributed by atoms with E-state index in [4.69, 9.17) is 4.42 Å². The molecule has 1 aromatic heterocycles. The summed E-state index contributed by atoms with van der Waals surface area (Å²) in [6, 6.07) is 6.39. The van der Waals surface area contributed by atoms with Crippen LogP contribution in [0.5, 0.6) is 0 Å². The Hall–Kier alpha value is -1.61. The molecular weight excluding hydrogens is 262 g/mol. The van der Waals surface area contributed by atoms with Gasteiger partial charge >= 0.3 is 5.63 Å². The molecule has 1 atom stereocenters. The lowest BCUT2D eigenvalue weighted by Crippen LogP contribution is -2.36. The average Bonchev–Trinajstić information content (AvgIpc) is 2.43. The average molecular weight is 285 g/mol. The number of hydrogen-bond acceptors (Lipinski definition) is 3. The fourth-order valence-electron chi connectivity index (χ4n) is 3.23. The van der Waals surface area contributed by atoms with E-state index < -0.39 is 0 Å². The summed E-state index contributed by atoms with van der Waals surface area (Å²) in [4.78, 5) is 14.3. The molecule has 1 aromatic carbocycles. The van der Waals surface area contributed by atoms with Gasteiger partial charge in [0.15, 0.2) is 0 Å². The molecule has 0 saturated carbocycles. The number of nitrogens with zero attached hydrogens (tertiary/aromatic N) is 1. The predicted octanol–water partition coefficient (Wildman–Crippen LogP) is 3.78. The maximum Gasteiger partial charge on any atom is 0.336 e. The molecule has 0 aliphatic carbocycles. The zero-order valence-corrected chi connectivity index (χ0v) is 13.1. The van der Waals surface area contributed by atoms with Crippen LogP contribution in [0.4, 0.5) is 0 Å². The second-order valence-electron chi connectivity index (χ2n) is 6.34. The second-order valence-corrected chi connectivity index (χ2v) is 6.34. The zero-order valence-electron chi connectivity index (χ0n) is 13.1. The van der Waals surface area contributed by atoms with E-state index >= 15 is 0 Å². The number of aryl methyl sites for hydroxylation is 2. The van der Waals surface area contributed by atoms with Crippen LogP contribution >= 0.6 is 0 Å². The van der Waals surface area contributed by atoms with Crippen LogP contribution in [-0.4, -0.2) is 17.5 Å². The number of benzene rings is 1. The highest BCUT2D eigenvalue weighted by Gasteiger charge is 2.19. The van der Waals surface area contributed by atoms with Crippen LogP contribution < -0.4 is 5.63 Å². The molecule has 3 rings (SSSR count). The van der Waals surface area contributed by atoms with E-state index in [-0.39, 0.29) is 5.63 Å². The van der Waals surface area contributed by atoms with Gasteiger partial charge in [-0.05, 0) is 69.0 Å². The number of piperidine rings is 1. The Morgan fingerprint density at radius 1 is 1.19 bits per heavy atom. The van der Waals surface area contributed by atoms with E-state index in [0.717, 1.165) is 29.6 Å². The SMILES string of the molecule is Cc1cc2oc(=O)cc(CN3CCCC[C@@H]3C)c2cc1C. The summed E-state index contributed by atoms with van der Waals surface area (Å²) in [7, 11) is 0. The van der Waals surface area contributed by atoms with Crippen molar-refractivity contribution in [1.82, 2.24) is 4.90 Å². The standard InChI is InChI=1S/C18H23NO2/c1-12-8-16-15(11-19-7-5-4-6-14(19)3)10-18(20)21-17(16)9-13(12)2/h8-10,14H,4-7,11H2,1-3H3/t14-/m0/s1. The molecule has 0 spiro atoms. The monoisotopic (exact) mass is 285 g/mol. The topological polar surface area (TPSA) is 33.5 Å². The normalized spacial score (nSPS) is 20.0. The van der Waals surface area contributed by atoms with Crippen LogP contribution in [0.25, 0.3) is 11.0 Å². The molecule has 112 valence electrons. The van der Waals surface area contributed by atoms with Crippen LogP contribution in [0.3, 0.4) is 0 Å². The molecule has 0 radical (unpaired) electrons. The molecule has 0 bridgehead atoms. The molecule has 3 heteroatoms. The van der Waals surface area contributed by atoms with Crippen molar-refractivity contribution in [1.29, 1.82) is 0 Å². The summed E-state index contributed by atoms with van der Waals surface area (Å²) in [6.45, 7) is 8.39. The van der Waals surface area contributed by atoms with Gasteiger partial charge in [0.25, 0.3) is 0 Å². The van der Waals surface area contributed by atoms with Crippen LogP contribution in [0.15, 0.2) is 27.4 Å². The van der Waals surface area contributed by atoms with Gasteiger partial charge in [0.1, 0.15) is 5.58 Å². The molecular formula is C18H23NO2. The van der Waals surface area contributed by atoms with Crippen molar-refractivity contribution in [3.63, 3.8) is 0 Å². The first-order chi connectivity index (χ1) is 10.0. The Balaban J connectivity index is 2.04. The van der Waals surface area contributed by atoms with Gasteiger partial charge in [0, 0.05) is 24.0 Å². The third-order valence-electron chi connectivity index (χ3n) is 4.76. The van der Waals surface area contributed by atoms with E-state index in [9.17, 15) is 4.79 Å². The van der Waals surface area contributed by atoms with Gasteiger partial charge in [-0.2, -0.15) is 0 Å². The minimum atomic E-state index is -0.245. The molecule has 0 N–H and O–H groups in total. The number of hydrogen-bond donors (Lipinski definition) is 0. The van der Waals surface area contributed by atoms with Crippen molar-refractivity contribution < 1.29 is 4.42 Å². The van der Waals surface area contributed by atoms with E-state index in [1.54, 1.807) is 6.07 Å². The lowest BCUT2D eigenvalue weighted by Gasteiger charge is -2.33. The largest absolute Gasteiger partial charge is 0.423 e. The van der Waals surface area contributed by atoms with Gasteiger partial charge in [0.2, 0.25) is 0 Å². The lowest BCUT2D eigenvalue weighted by atomic mass is 10.00. The van der Waals surface area contributed by atoms with E-state index in [0.29, 0.717) is 11.6 Å². The summed E-state index contributed by atoms with van der Waals surface area (Å²) in [5, 5.41) is 1.08. The molecule has 21 heavy (non-hydrogen) atoms. The quantitative estimate of drug-likeness (QED) is 0.787. The third kappa shape index (κ3) is 2.88. The molecule has 3 nitrogen and oxygen atoms in total. The van der Waals surface area contributed by atoms with Crippen LogP contribution in [0.1, 0.15) is 42.9 Å². The maximum atomic E-state index is 11.8. The fourth-order valence-corrected chi connectivity index (χ4v) is 3.23. The minimum absolute atomic E-state index is 0.245. The van der Waals surface area contributed by atoms with Gasteiger partial charge in [-0.25, -0.2) is 4.79 Å². The highest BCUT2D eigenvalue weighted by atomic mass is 16.4. The van der Waals surface area contributed by atoms with Crippen LogP contribution in [0.2, 0.25) is 0 Å². The Kier molecular flexibility index (Phi) is 3.85. The van der Waals surface area contributed by atoms with Gasteiger partial charge in [-0.3, -0.25) is 4.90 Å². The smallest absolute Gasteiger partial charge is 0.336 e. The molecule has 2 heterocycles. The Bertz CT molecular complexity index is 717. The molecule has 1 fully saturated rings. The Labute approximate surface area is 125 Å². The minimum Gasteiger partial charge on any atom is -0.423 e. The van der Waals surface area contributed by atoms with E-state index in [1.807, 2.05) is 13.0 Å². The Morgan fingerprint density at radius 2 is 1.95 bits per heavy atom. The van der Waals surface area contributed by atoms with Crippen LogP contribution in [-0.2, 0) is 6.54 Å². The predicted molar refractivity (Wildman–Crippen MR) is 85.7 cm³/mol. The third-order valence-corrected chi connectivity index (χ3v) is 4.76. The van der Waals surface area contributed by atoms with Crippen molar-refractivity contribution in [3.05, 3.63) is 45.3 Å². The summed E-state index contributed by atoms with van der Waals surface area (Å²) in [5.74, 6) is 0. The van der Waals surface area contributed by atoms with Crippen molar-refractivity contribution in [2.75, 3.05) is 6.54 Å². The lowest BCUT2D eigenvalue weighted by molar-refractivity contribution is 0.153. The first-order valence-electron chi connectivity index (χ1n) is 7.82. The first-order valence-corrected chi connectivity index (χ1v) is 7.82. The van der Waals surface area contributed by atoms with Crippen LogP contribution in [0, 0.1) is 13.8 Å². The highest BCUT2D eigenvalue weighted by Crippen LogP contribution is 2.25.